The molecular formula is C14H14FNO2. The van der Waals surface area contributed by atoms with Gasteiger partial charge in [0.25, 0.3) is 0 Å². The van der Waals surface area contributed by atoms with Crippen molar-refractivity contribution in [3.63, 3.8) is 0 Å². The molecule has 0 bridgehead atoms. The molecule has 94 valence electrons. The molecule has 0 aliphatic rings. The maximum Gasteiger partial charge on any atom is 0.168 e. The van der Waals surface area contributed by atoms with Crippen LogP contribution in [0.25, 0.3) is 0 Å². The molecule has 0 aliphatic heterocycles. The fourth-order valence-electron chi connectivity index (χ4n) is 1.78. The first-order chi connectivity index (χ1) is 8.72. The van der Waals surface area contributed by atoms with E-state index < -0.39 is 11.9 Å². The minimum Gasteiger partial charge on any atom is -0.494 e. The van der Waals surface area contributed by atoms with Crippen LogP contribution >= 0.6 is 0 Å². The summed E-state index contributed by atoms with van der Waals surface area (Å²) in [7, 11) is 1.42. The van der Waals surface area contributed by atoms with Gasteiger partial charge in [0.15, 0.2) is 11.6 Å². The average molecular weight is 247 g/mol. The first kappa shape index (κ1) is 12.5. The van der Waals surface area contributed by atoms with Crippen LogP contribution in [0.3, 0.4) is 0 Å². The van der Waals surface area contributed by atoms with E-state index in [-0.39, 0.29) is 12.2 Å². The van der Waals surface area contributed by atoms with Crippen molar-refractivity contribution in [2.75, 3.05) is 7.11 Å². The summed E-state index contributed by atoms with van der Waals surface area (Å²) in [5, 5.41) is 10.0. The van der Waals surface area contributed by atoms with Crippen molar-refractivity contribution < 1.29 is 14.2 Å². The van der Waals surface area contributed by atoms with Crippen molar-refractivity contribution >= 4 is 0 Å². The van der Waals surface area contributed by atoms with Gasteiger partial charge in [0, 0.05) is 18.8 Å². The van der Waals surface area contributed by atoms with E-state index >= 15 is 0 Å². The monoisotopic (exact) mass is 247 g/mol. The van der Waals surface area contributed by atoms with Gasteiger partial charge in [0.1, 0.15) is 0 Å². The molecule has 1 N–H and O–H groups in total. The predicted octanol–water partition coefficient (Wildman–Crippen LogP) is 2.51. The Morgan fingerprint density at radius 1 is 1.28 bits per heavy atom. The number of rotatable bonds is 4. The van der Waals surface area contributed by atoms with Crippen LogP contribution in [0, 0.1) is 5.82 Å². The quantitative estimate of drug-likeness (QED) is 0.902. The van der Waals surface area contributed by atoms with Gasteiger partial charge in [-0.2, -0.15) is 0 Å². The summed E-state index contributed by atoms with van der Waals surface area (Å²) in [4.78, 5) is 3.87. The van der Waals surface area contributed by atoms with Crippen molar-refractivity contribution in [3.8, 4) is 5.75 Å². The van der Waals surface area contributed by atoms with Crippen molar-refractivity contribution in [3.05, 3.63) is 59.7 Å². The van der Waals surface area contributed by atoms with Crippen molar-refractivity contribution in [1.82, 2.24) is 4.98 Å². The lowest BCUT2D eigenvalue weighted by Crippen LogP contribution is -2.04. The largest absolute Gasteiger partial charge is 0.494 e. The molecule has 2 rings (SSSR count). The molecule has 0 fully saturated rings. The normalized spacial score (nSPS) is 12.2. The number of pyridine rings is 1. The molecule has 18 heavy (non-hydrogen) atoms. The molecule has 1 atom stereocenters. The van der Waals surface area contributed by atoms with Gasteiger partial charge >= 0.3 is 0 Å². The van der Waals surface area contributed by atoms with E-state index in [1.807, 2.05) is 0 Å². The molecule has 4 heteroatoms. The van der Waals surface area contributed by atoms with Crippen LogP contribution in [0.15, 0.2) is 42.7 Å². The Kier molecular flexibility index (Phi) is 3.89. The Hall–Kier alpha value is -1.94. The van der Waals surface area contributed by atoms with Crippen LogP contribution in [-0.4, -0.2) is 17.2 Å². The lowest BCUT2D eigenvalue weighted by Gasteiger charge is -2.12. The second-order valence-electron chi connectivity index (χ2n) is 3.93. The molecular weight excluding hydrogens is 233 g/mol. The minimum atomic E-state index is -0.755. The standard InChI is InChI=1S/C14H14FNO2/c1-18-13-4-2-3-11(14(13)15)9-12(17)10-5-7-16-8-6-10/h2-8,12,17H,9H2,1H3. The first-order valence-corrected chi connectivity index (χ1v) is 5.61. The number of aromatic nitrogens is 1. The van der Waals surface area contributed by atoms with E-state index in [2.05, 4.69) is 4.98 Å². The molecule has 3 nitrogen and oxygen atoms in total. The molecule has 0 amide bonds. The van der Waals surface area contributed by atoms with Crippen LogP contribution in [0.5, 0.6) is 5.75 Å². The maximum absolute atomic E-state index is 13.9. The Labute approximate surface area is 105 Å². The number of nitrogens with zero attached hydrogens (tertiary/aromatic N) is 1. The first-order valence-electron chi connectivity index (χ1n) is 5.61. The Morgan fingerprint density at radius 2 is 2.00 bits per heavy atom. The third-order valence-corrected chi connectivity index (χ3v) is 2.77. The van der Waals surface area contributed by atoms with E-state index in [4.69, 9.17) is 4.74 Å². The SMILES string of the molecule is COc1cccc(CC(O)c2ccncc2)c1F. The zero-order valence-corrected chi connectivity index (χ0v) is 10.0. The van der Waals surface area contributed by atoms with E-state index in [0.29, 0.717) is 11.1 Å². The number of benzene rings is 1. The molecule has 0 radical (unpaired) electrons. The van der Waals surface area contributed by atoms with Gasteiger partial charge in [-0.15, -0.1) is 0 Å². The predicted molar refractivity (Wildman–Crippen MR) is 65.9 cm³/mol. The van der Waals surface area contributed by atoms with Gasteiger partial charge in [-0.25, -0.2) is 4.39 Å². The summed E-state index contributed by atoms with van der Waals surface area (Å²) in [5.41, 5.74) is 1.14. The molecule has 1 unspecified atom stereocenters. The van der Waals surface area contributed by atoms with Gasteiger partial charge in [-0.1, -0.05) is 12.1 Å². The van der Waals surface area contributed by atoms with Crippen LogP contribution in [-0.2, 0) is 6.42 Å². The second-order valence-corrected chi connectivity index (χ2v) is 3.93. The number of aliphatic hydroxyl groups is 1. The van der Waals surface area contributed by atoms with Crippen molar-refractivity contribution in [1.29, 1.82) is 0 Å². The van der Waals surface area contributed by atoms with Gasteiger partial charge in [-0.05, 0) is 29.3 Å². The molecule has 0 saturated heterocycles. The fourth-order valence-corrected chi connectivity index (χ4v) is 1.78. The van der Waals surface area contributed by atoms with Crippen LogP contribution < -0.4 is 4.74 Å². The number of ether oxygens (including phenoxy) is 1. The van der Waals surface area contributed by atoms with E-state index in [1.54, 1.807) is 42.7 Å². The maximum atomic E-state index is 13.9. The van der Waals surface area contributed by atoms with Crippen molar-refractivity contribution in [2.24, 2.45) is 0 Å². The highest BCUT2D eigenvalue weighted by Crippen LogP contribution is 2.24. The highest BCUT2D eigenvalue weighted by atomic mass is 19.1. The highest BCUT2D eigenvalue weighted by Gasteiger charge is 2.14. The Morgan fingerprint density at radius 3 is 2.67 bits per heavy atom. The van der Waals surface area contributed by atoms with Crippen LogP contribution in [0.1, 0.15) is 17.2 Å². The van der Waals surface area contributed by atoms with E-state index in [0.717, 1.165) is 0 Å². The summed E-state index contributed by atoms with van der Waals surface area (Å²) in [5.74, 6) is -0.234. The lowest BCUT2D eigenvalue weighted by molar-refractivity contribution is 0.176. The topological polar surface area (TPSA) is 42.4 Å². The Balaban J connectivity index is 2.19. The van der Waals surface area contributed by atoms with Gasteiger partial charge in [-0.3, -0.25) is 4.98 Å². The van der Waals surface area contributed by atoms with E-state index in [9.17, 15) is 9.50 Å². The summed E-state index contributed by atoms with van der Waals surface area (Å²) in [6, 6.07) is 8.32. The molecule has 0 aliphatic carbocycles. The molecule has 1 aromatic carbocycles. The average Bonchev–Trinajstić information content (AvgIpc) is 2.42. The Bertz CT molecular complexity index is 516. The zero-order valence-electron chi connectivity index (χ0n) is 10.0. The number of hydrogen-bond acceptors (Lipinski definition) is 3. The molecule has 1 heterocycles. The molecule has 0 spiro atoms. The summed E-state index contributed by atoms with van der Waals surface area (Å²) < 4.78 is 18.8. The summed E-state index contributed by atoms with van der Waals surface area (Å²) in [6.07, 6.45) is 2.64. The third kappa shape index (κ3) is 2.65. The number of methoxy groups -OCH3 is 1. The van der Waals surface area contributed by atoms with Crippen molar-refractivity contribution in [2.45, 2.75) is 12.5 Å². The van der Waals surface area contributed by atoms with Crippen LogP contribution in [0.4, 0.5) is 4.39 Å². The lowest BCUT2D eigenvalue weighted by atomic mass is 10.0. The molecule has 1 aromatic heterocycles. The molecule has 2 aromatic rings. The van der Waals surface area contributed by atoms with Crippen LogP contribution in [0.2, 0.25) is 0 Å². The molecule has 0 saturated carbocycles. The van der Waals surface area contributed by atoms with Gasteiger partial charge in [0.2, 0.25) is 0 Å². The zero-order chi connectivity index (χ0) is 13.0. The number of hydrogen-bond donors (Lipinski definition) is 1. The number of aliphatic hydroxyl groups excluding tert-OH is 1. The smallest absolute Gasteiger partial charge is 0.168 e. The summed E-state index contributed by atoms with van der Waals surface area (Å²) >= 11 is 0. The summed E-state index contributed by atoms with van der Waals surface area (Å²) in [6.45, 7) is 0. The van der Waals surface area contributed by atoms with Gasteiger partial charge in [0.05, 0.1) is 13.2 Å². The second kappa shape index (κ2) is 5.60. The third-order valence-electron chi connectivity index (χ3n) is 2.77. The number of halogens is 1. The highest BCUT2D eigenvalue weighted by molar-refractivity contribution is 5.32. The van der Waals surface area contributed by atoms with E-state index in [1.165, 1.54) is 7.11 Å². The minimum absolute atomic E-state index is 0.189. The van der Waals surface area contributed by atoms with Gasteiger partial charge < -0.3 is 9.84 Å². The fraction of sp³-hybridized carbons (Fsp3) is 0.214.